The van der Waals surface area contributed by atoms with E-state index >= 15 is 0 Å². The van der Waals surface area contributed by atoms with Crippen molar-refractivity contribution in [3.63, 3.8) is 0 Å². The van der Waals surface area contributed by atoms with Crippen molar-refractivity contribution >= 4 is 28.1 Å². The summed E-state index contributed by atoms with van der Waals surface area (Å²) in [5.41, 5.74) is 1.15. The van der Waals surface area contributed by atoms with Gasteiger partial charge in [-0.3, -0.25) is 0 Å². The van der Waals surface area contributed by atoms with E-state index in [0.29, 0.717) is 0 Å². The van der Waals surface area contributed by atoms with E-state index in [1.807, 2.05) is 24.4 Å². The number of anilines is 1. The van der Waals surface area contributed by atoms with Crippen LogP contribution in [0.2, 0.25) is 5.02 Å². The third-order valence-electron chi connectivity index (χ3n) is 3.47. The van der Waals surface area contributed by atoms with Crippen LogP contribution < -0.4 is 5.32 Å². The molecule has 0 atom stereocenters. The number of benzene rings is 1. The van der Waals surface area contributed by atoms with Crippen LogP contribution in [0.3, 0.4) is 0 Å². The predicted octanol–water partition coefficient (Wildman–Crippen LogP) is 4.14. The number of thiazole rings is 1. The van der Waals surface area contributed by atoms with Crippen LogP contribution in [-0.2, 0) is 6.42 Å². The topological polar surface area (TPSA) is 28.2 Å². The van der Waals surface area contributed by atoms with Crippen LogP contribution in [0.5, 0.6) is 0 Å². The molecule has 0 bridgehead atoms. The summed E-state index contributed by atoms with van der Waals surface area (Å²) >= 11 is 7.90. The zero-order valence-electron chi connectivity index (χ0n) is 12.6. The van der Waals surface area contributed by atoms with Gasteiger partial charge in [0.15, 0.2) is 5.13 Å². The molecular formula is C16H22ClN3S. The monoisotopic (exact) mass is 323 g/mol. The quantitative estimate of drug-likeness (QED) is 0.791. The Morgan fingerprint density at radius 2 is 2.00 bits per heavy atom. The number of aromatic nitrogens is 1. The summed E-state index contributed by atoms with van der Waals surface area (Å²) in [6, 6.07) is 7.97. The first-order valence-electron chi connectivity index (χ1n) is 7.37. The molecule has 0 spiro atoms. The summed E-state index contributed by atoms with van der Waals surface area (Å²) in [4.78, 5) is 8.06. The average Bonchev–Trinajstić information content (AvgIpc) is 2.94. The summed E-state index contributed by atoms with van der Waals surface area (Å²) in [5.74, 6) is 0. The average molecular weight is 324 g/mol. The molecular weight excluding hydrogens is 302 g/mol. The van der Waals surface area contributed by atoms with Gasteiger partial charge in [-0.1, -0.05) is 43.6 Å². The molecule has 114 valence electrons. The lowest BCUT2D eigenvalue weighted by Gasteiger charge is -2.17. The molecule has 1 aromatic carbocycles. The Hall–Kier alpha value is -1.10. The third kappa shape index (κ3) is 4.99. The van der Waals surface area contributed by atoms with Crippen LogP contribution in [0.25, 0.3) is 0 Å². The van der Waals surface area contributed by atoms with Gasteiger partial charge in [0.1, 0.15) is 0 Å². The SMILES string of the molecule is CCN(CC)CCNc1ncc(Cc2ccccc2Cl)s1. The molecule has 0 aliphatic heterocycles. The molecule has 0 radical (unpaired) electrons. The number of nitrogens with one attached hydrogen (secondary N) is 1. The van der Waals surface area contributed by atoms with E-state index in [4.69, 9.17) is 11.6 Å². The zero-order valence-corrected chi connectivity index (χ0v) is 14.2. The van der Waals surface area contributed by atoms with Crippen LogP contribution >= 0.6 is 22.9 Å². The number of halogens is 1. The van der Waals surface area contributed by atoms with Gasteiger partial charge in [-0.05, 0) is 24.7 Å². The second-order valence-electron chi connectivity index (χ2n) is 4.85. The van der Waals surface area contributed by atoms with Crippen LogP contribution in [0.1, 0.15) is 24.3 Å². The summed E-state index contributed by atoms with van der Waals surface area (Å²) in [6.07, 6.45) is 2.78. The highest BCUT2D eigenvalue weighted by molar-refractivity contribution is 7.15. The number of hydrogen-bond acceptors (Lipinski definition) is 4. The van der Waals surface area contributed by atoms with Gasteiger partial charge in [0.05, 0.1) is 0 Å². The van der Waals surface area contributed by atoms with E-state index in [0.717, 1.165) is 48.3 Å². The molecule has 0 saturated heterocycles. The van der Waals surface area contributed by atoms with E-state index in [1.54, 1.807) is 11.3 Å². The van der Waals surface area contributed by atoms with Crippen molar-refractivity contribution in [1.82, 2.24) is 9.88 Å². The van der Waals surface area contributed by atoms with E-state index < -0.39 is 0 Å². The molecule has 2 rings (SSSR count). The Balaban J connectivity index is 1.86. The van der Waals surface area contributed by atoms with Gasteiger partial charge >= 0.3 is 0 Å². The maximum Gasteiger partial charge on any atom is 0.182 e. The first-order chi connectivity index (χ1) is 10.2. The van der Waals surface area contributed by atoms with E-state index in [2.05, 4.69) is 35.1 Å². The fourth-order valence-electron chi connectivity index (χ4n) is 2.16. The summed E-state index contributed by atoms with van der Waals surface area (Å²) in [7, 11) is 0. The zero-order chi connectivity index (χ0) is 15.1. The lowest BCUT2D eigenvalue weighted by Crippen LogP contribution is -2.28. The van der Waals surface area contributed by atoms with Crippen LogP contribution in [0.15, 0.2) is 30.5 Å². The minimum absolute atomic E-state index is 0.821. The molecule has 1 aromatic heterocycles. The molecule has 0 amide bonds. The Bertz CT molecular complexity index is 552. The summed E-state index contributed by atoms with van der Waals surface area (Å²) < 4.78 is 0. The van der Waals surface area contributed by atoms with Crippen molar-refractivity contribution in [3.8, 4) is 0 Å². The lowest BCUT2D eigenvalue weighted by atomic mass is 10.1. The van der Waals surface area contributed by atoms with Gasteiger partial charge in [0.25, 0.3) is 0 Å². The summed E-state index contributed by atoms with van der Waals surface area (Å²) in [6.45, 7) is 8.54. The number of nitrogens with zero attached hydrogens (tertiary/aromatic N) is 2. The normalized spacial score (nSPS) is 11.0. The standard InChI is InChI=1S/C16H22ClN3S/c1-3-20(4-2)10-9-18-16-19-12-14(21-16)11-13-7-5-6-8-15(13)17/h5-8,12H,3-4,9-11H2,1-2H3,(H,18,19). The fraction of sp³-hybridized carbons (Fsp3) is 0.438. The van der Waals surface area contributed by atoms with Gasteiger partial charge in [-0.15, -0.1) is 11.3 Å². The van der Waals surface area contributed by atoms with E-state index in [9.17, 15) is 0 Å². The van der Waals surface area contributed by atoms with Crippen molar-refractivity contribution in [2.45, 2.75) is 20.3 Å². The molecule has 1 heterocycles. The second kappa shape index (κ2) is 8.37. The predicted molar refractivity (Wildman–Crippen MR) is 92.6 cm³/mol. The number of likely N-dealkylation sites (N-methyl/N-ethyl adjacent to an activating group) is 1. The third-order valence-corrected chi connectivity index (χ3v) is 4.80. The van der Waals surface area contributed by atoms with Crippen molar-refractivity contribution in [2.24, 2.45) is 0 Å². The molecule has 21 heavy (non-hydrogen) atoms. The van der Waals surface area contributed by atoms with Crippen LogP contribution in [0.4, 0.5) is 5.13 Å². The Kier molecular flexibility index (Phi) is 6.49. The maximum atomic E-state index is 6.19. The Labute approximate surface area is 136 Å². The van der Waals surface area contributed by atoms with Crippen molar-refractivity contribution < 1.29 is 0 Å². The first kappa shape index (κ1) is 16.3. The minimum atomic E-state index is 0.821. The van der Waals surface area contributed by atoms with Gasteiger partial charge in [0, 0.05) is 35.6 Å². The molecule has 2 aromatic rings. The Morgan fingerprint density at radius 3 is 2.71 bits per heavy atom. The molecule has 0 unspecified atom stereocenters. The molecule has 0 aliphatic rings. The maximum absolute atomic E-state index is 6.19. The van der Waals surface area contributed by atoms with Crippen LogP contribution in [0, 0.1) is 0 Å². The first-order valence-corrected chi connectivity index (χ1v) is 8.56. The number of hydrogen-bond donors (Lipinski definition) is 1. The molecule has 3 nitrogen and oxygen atoms in total. The molecule has 0 saturated carbocycles. The highest BCUT2D eigenvalue weighted by Crippen LogP contribution is 2.24. The Morgan fingerprint density at radius 1 is 1.24 bits per heavy atom. The summed E-state index contributed by atoms with van der Waals surface area (Å²) in [5, 5.41) is 5.21. The van der Waals surface area contributed by atoms with E-state index in [1.165, 1.54) is 4.88 Å². The lowest BCUT2D eigenvalue weighted by molar-refractivity contribution is 0.316. The second-order valence-corrected chi connectivity index (χ2v) is 6.38. The van der Waals surface area contributed by atoms with E-state index in [-0.39, 0.29) is 0 Å². The van der Waals surface area contributed by atoms with Crippen molar-refractivity contribution in [3.05, 3.63) is 45.9 Å². The highest BCUT2D eigenvalue weighted by Gasteiger charge is 2.06. The van der Waals surface area contributed by atoms with Crippen molar-refractivity contribution in [2.75, 3.05) is 31.5 Å². The fourth-order valence-corrected chi connectivity index (χ4v) is 3.22. The molecule has 0 aliphatic carbocycles. The smallest absolute Gasteiger partial charge is 0.182 e. The van der Waals surface area contributed by atoms with Gasteiger partial charge in [0.2, 0.25) is 0 Å². The molecule has 1 N–H and O–H groups in total. The van der Waals surface area contributed by atoms with Gasteiger partial charge in [-0.2, -0.15) is 0 Å². The largest absolute Gasteiger partial charge is 0.360 e. The van der Waals surface area contributed by atoms with Crippen molar-refractivity contribution in [1.29, 1.82) is 0 Å². The minimum Gasteiger partial charge on any atom is -0.360 e. The molecule has 0 fully saturated rings. The van der Waals surface area contributed by atoms with Crippen LogP contribution in [-0.4, -0.2) is 36.1 Å². The van der Waals surface area contributed by atoms with Gasteiger partial charge < -0.3 is 10.2 Å². The van der Waals surface area contributed by atoms with Gasteiger partial charge in [-0.25, -0.2) is 4.98 Å². The molecule has 5 heteroatoms. The highest BCUT2D eigenvalue weighted by atomic mass is 35.5. The number of rotatable bonds is 8.